The summed E-state index contributed by atoms with van der Waals surface area (Å²) in [4.78, 5) is 25.1. The van der Waals surface area contributed by atoms with Crippen molar-refractivity contribution in [3.05, 3.63) is 41.6 Å². The molecule has 0 saturated heterocycles. The van der Waals surface area contributed by atoms with Crippen molar-refractivity contribution in [2.75, 3.05) is 11.5 Å². The van der Waals surface area contributed by atoms with Crippen LogP contribution in [0.5, 0.6) is 0 Å². The van der Waals surface area contributed by atoms with Crippen LogP contribution in [0, 0.1) is 6.92 Å². The molecule has 1 aromatic rings. The first-order valence-corrected chi connectivity index (χ1v) is 6.48. The van der Waals surface area contributed by atoms with Crippen LogP contribution in [0.1, 0.15) is 19.4 Å². The zero-order chi connectivity index (χ0) is 14.7. The standard InChI is InChI=1S/C15H17NO4/c1-4-19-15(18)13-9-14(17)20-11(3)16(13)12-7-5-10(2)6-8-12/h5-9,11H,4H2,1-3H3. The minimum atomic E-state index is -0.561. The van der Waals surface area contributed by atoms with E-state index in [1.807, 2.05) is 31.2 Å². The lowest BCUT2D eigenvalue weighted by Gasteiger charge is -2.34. The van der Waals surface area contributed by atoms with E-state index in [0.717, 1.165) is 17.3 Å². The quantitative estimate of drug-likeness (QED) is 0.791. The van der Waals surface area contributed by atoms with E-state index in [4.69, 9.17) is 9.47 Å². The molecule has 20 heavy (non-hydrogen) atoms. The fourth-order valence-electron chi connectivity index (χ4n) is 2.05. The molecule has 1 aliphatic heterocycles. The molecule has 0 spiro atoms. The van der Waals surface area contributed by atoms with Gasteiger partial charge in [0.05, 0.1) is 12.7 Å². The number of cyclic esters (lactones) is 1. The van der Waals surface area contributed by atoms with Crippen molar-refractivity contribution >= 4 is 17.6 Å². The van der Waals surface area contributed by atoms with Crippen LogP contribution in [0.15, 0.2) is 36.0 Å². The monoisotopic (exact) mass is 275 g/mol. The molecule has 1 aromatic carbocycles. The van der Waals surface area contributed by atoms with Crippen molar-refractivity contribution in [2.24, 2.45) is 0 Å². The highest BCUT2D eigenvalue weighted by molar-refractivity contribution is 6.01. The summed E-state index contributed by atoms with van der Waals surface area (Å²) < 4.78 is 10.1. The summed E-state index contributed by atoms with van der Waals surface area (Å²) in [5.74, 6) is -1.07. The number of ether oxygens (including phenoxy) is 2. The fraction of sp³-hybridized carbons (Fsp3) is 0.333. The van der Waals surface area contributed by atoms with Gasteiger partial charge in [-0.25, -0.2) is 9.59 Å². The summed E-state index contributed by atoms with van der Waals surface area (Å²) in [7, 11) is 0. The number of carbonyl (C=O) groups excluding carboxylic acids is 2. The van der Waals surface area contributed by atoms with Crippen molar-refractivity contribution in [3.63, 3.8) is 0 Å². The number of benzene rings is 1. The van der Waals surface area contributed by atoms with Gasteiger partial charge in [-0.1, -0.05) is 17.7 Å². The Balaban J connectivity index is 2.40. The van der Waals surface area contributed by atoms with E-state index in [9.17, 15) is 9.59 Å². The van der Waals surface area contributed by atoms with Crippen LogP contribution in [0.4, 0.5) is 5.69 Å². The van der Waals surface area contributed by atoms with Crippen molar-refractivity contribution in [1.82, 2.24) is 0 Å². The van der Waals surface area contributed by atoms with Gasteiger partial charge in [0, 0.05) is 5.69 Å². The molecule has 0 N–H and O–H groups in total. The third kappa shape index (κ3) is 2.82. The molecule has 1 heterocycles. The number of anilines is 1. The fourth-order valence-corrected chi connectivity index (χ4v) is 2.05. The molecule has 0 radical (unpaired) electrons. The van der Waals surface area contributed by atoms with Gasteiger partial charge in [-0.2, -0.15) is 0 Å². The summed E-state index contributed by atoms with van der Waals surface area (Å²) in [5.41, 5.74) is 2.08. The third-order valence-electron chi connectivity index (χ3n) is 2.96. The molecule has 0 aliphatic carbocycles. The molecule has 5 nitrogen and oxygen atoms in total. The van der Waals surface area contributed by atoms with E-state index in [2.05, 4.69) is 0 Å². The van der Waals surface area contributed by atoms with Gasteiger partial charge in [-0.05, 0) is 32.9 Å². The maximum atomic E-state index is 12.0. The molecule has 0 saturated carbocycles. The smallest absolute Gasteiger partial charge is 0.355 e. The van der Waals surface area contributed by atoms with Gasteiger partial charge in [0.2, 0.25) is 0 Å². The molecule has 0 amide bonds. The Morgan fingerprint density at radius 1 is 1.35 bits per heavy atom. The average molecular weight is 275 g/mol. The molecular formula is C15H17NO4. The van der Waals surface area contributed by atoms with Gasteiger partial charge in [-0.15, -0.1) is 0 Å². The summed E-state index contributed by atoms with van der Waals surface area (Å²) in [6.45, 7) is 5.66. The minimum absolute atomic E-state index is 0.194. The Morgan fingerprint density at radius 3 is 2.60 bits per heavy atom. The molecule has 0 aromatic heterocycles. The zero-order valence-electron chi connectivity index (χ0n) is 11.8. The number of esters is 2. The molecule has 5 heteroatoms. The van der Waals surface area contributed by atoms with Crippen molar-refractivity contribution < 1.29 is 19.1 Å². The molecule has 1 atom stereocenters. The van der Waals surface area contributed by atoms with Crippen LogP contribution >= 0.6 is 0 Å². The molecule has 106 valence electrons. The van der Waals surface area contributed by atoms with Crippen LogP contribution in [-0.4, -0.2) is 24.8 Å². The van der Waals surface area contributed by atoms with Gasteiger partial charge < -0.3 is 9.47 Å². The van der Waals surface area contributed by atoms with Crippen LogP contribution in [0.25, 0.3) is 0 Å². The summed E-state index contributed by atoms with van der Waals surface area (Å²) in [6.07, 6.45) is 0.604. The van der Waals surface area contributed by atoms with E-state index in [0.29, 0.717) is 0 Å². The lowest BCUT2D eigenvalue weighted by molar-refractivity contribution is -0.147. The molecule has 0 fully saturated rings. The second kappa shape index (κ2) is 5.77. The predicted molar refractivity (Wildman–Crippen MR) is 73.9 cm³/mol. The normalized spacial score (nSPS) is 18.4. The van der Waals surface area contributed by atoms with Crippen LogP contribution in [0.2, 0.25) is 0 Å². The maximum Gasteiger partial charge on any atom is 0.355 e. The molecule has 2 rings (SSSR count). The van der Waals surface area contributed by atoms with Crippen molar-refractivity contribution in [2.45, 2.75) is 27.0 Å². The zero-order valence-corrected chi connectivity index (χ0v) is 11.8. The van der Waals surface area contributed by atoms with E-state index in [1.165, 1.54) is 0 Å². The van der Waals surface area contributed by atoms with Gasteiger partial charge in [-0.3, -0.25) is 4.90 Å². The maximum absolute atomic E-state index is 12.0. The SMILES string of the molecule is CCOC(=O)C1=CC(=O)OC(C)N1c1ccc(C)cc1. The number of carbonyl (C=O) groups is 2. The number of aryl methyl sites for hydroxylation is 1. The predicted octanol–water partition coefficient (Wildman–Crippen LogP) is 2.15. The Bertz CT molecular complexity index is 547. The lowest BCUT2D eigenvalue weighted by atomic mass is 10.2. The lowest BCUT2D eigenvalue weighted by Crippen LogP contribution is -2.42. The first-order valence-electron chi connectivity index (χ1n) is 6.48. The summed E-state index contributed by atoms with van der Waals surface area (Å²) >= 11 is 0. The van der Waals surface area contributed by atoms with Crippen molar-refractivity contribution in [3.8, 4) is 0 Å². The van der Waals surface area contributed by atoms with Crippen molar-refractivity contribution in [1.29, 1.82) is 0 Å². The first kappa shape index (κ1) is 14.1. The minimum Gasteiger partial charge on any atom is -0.461 e. The highest BCUT2D eigenvalue weighted by Crippen LogP contribution is 2.27. The second-order valence-corrected chi connectivity index (χ2v) is 4.49. The molecule has 1 unspecified atom stereocenters. The van der Waals surface area contributed by atoms with Crippen LogP contribution in [0.3, 0.4) is 0 Å². The molecule has 1 aliphatic rings. The molecular weight excluding hydrogens is 258 g/mol. The van der Waals surface area contributed by atoms with Crippen LogP contribution in [-0.2, 0) is 19.1 Å². The Hall–Kier alpha value is -2.30. The highest BCUT2D eigenvalue weighted by Gasteiger charge is 2.32. The van der Waals surface area contributed by atoms with E-state index in [-0.39, 0.29) is 12.3 Å². The summed E-state index contributed by atoms with van der Waals surface area (Å²) in [5, 5.41) is 0. The molecule has 0 bridgehead atoms. The number of hydrogen-bond acceptors (Lipinski definition) is 5. The Labute approximate surface area is 117 Å². The second-order valence-electron chi connectivity index (χ2n) is 4.49. The van der Waals surface area contributed by atoms with E-state index >= 15 is 0 Å². The Morgan fingerprint density at radius 2 is 2.00 bits per heavy atom. The van der Waals surface area contributed by atoms with Gasteiger partial charge in [0.1, 0.15) is 5.70 Å². The number of rotatable bonds is 3. The van der Waals surface area contributed by atoms with E-state index < -0.39 is 18.2 Å². The van der Waals surface area contributed by atoms with Crippen LogP contribution < -0.4 is 4.90 Å². The topological polar surface area (TPSA) is 55.8 Å². The first-order chi connectivity index (χ1) is 9.52. The number of hydrogen-bond donors (Lipinski definition) is 0. The van der Waals surface area contributed by atoms with Gasteiger partial charge >= 0.3 is 11.9 Å². The summed E-state index contributed by atoms with van der Waals surface area (Å²) in [6, 6.07) is 7.61. The Kier molecular flexibility index (Phi) is 4.08. The van der Waals surface area contributed by atoms with Gasteiger partial charge in [0.25, 0.3) is 0 Å². The van der Waals surface area contributed by atoms with Gasteiger partial charge in [0.15, 0.2) is 6.23 Å². The van der Waals surface area contributed by atoms with E-state index in [1.54, 1.807) is 18.7 Å². The average Bonchev–Trinajstić information content (AvgIpc) is 2.39. The third-order valence-corrected chi connectivity index (χ3v) is 2.96. The highest BCUT2D eigenvalue weighted by atomic mass is 16.6. The largest absolute Gasteiger partial charge is 0.461 e. The number of nitrogens with zero attached hydrogens (tertiary/aromatic N) is 1.